The van der Waals surface area contributed by atoms with Gasteiger partial charge in [-0.2, -0.15) is 0 Å². The van der Waals surface area contributed by atoms with Gasteiger partial charge in [-0.15, -0.1) is 0 Å². The van der Waals surface area contributed by atoms with Crippen LogP contribution < -0.4 is 0 Å². The highest BCUT2D eigenvalue weighted by molar-refractivity contribution is 5.70. The van der Waals surface area contributed by atoms with Crippen LogP contribution >= 0.6 is 0 Å². The van der Waals surface area contributed by atoms with Crippen molar-refractivity contribution in [1.29, 1.82) is 0 Å². The minimum absolute atomic E-state index is 0.213. The second-order valence-electron chi connectivity index (χ2n) is 15.5. The molecule has 10 nitrogen and oxygen atoms in total. The van der Waals surface area contributed by atoms with Crippen LogP contribution in [0.1, 0.15) is 200 Å². The monoisotopic (exact) mass is 771 g/mol. The lowest BCUT2D eigenvalue weighted by atomic mass is 9.99. The number of hydrogen-bond acceptors (Lipinski definition) is 10. The lowest BCUT2D eigenvalue weighted by Gasteiger charge is -2.39. The standard InChI is InChI=1S/C44H82O10/c1-3-5-7-9-11-13-15-17-18-19-20-21-23-24-26-28-30-32-39(46)51-35-37(36-52-44-43(50)42(49)41(48)38(34-45)54-44)53-40(47)33-31-29-27-25-22-16-14-12-10-8-6-4-2/h13,15,37-38,41-45,48-50H,3-12,14,16-36H2,1-2H3/b15-13+/t37-,38-,41+,42?,43?,44-/m0/s1. The first-order valence-corrected chi connectivity index (χ1v) is 22.3. The number of hydrogen-bond donors (Lipinski definition) is 4. The fourth-order valence-corrected chi connectivity index (χ4v) is 6.83. The van der Waals surface area contributed by atoms with E-state index in [1.807, 2.05) is 0 Å². The van der Waals surface area contributed by atoms with Crippen molar-refractivity contribution in [3.8, 4) is 0 Å². The second-order valence-corrected chi connectivity index (χ2v) is 15.5. The number of ether oxygens (including phenoxy) is 4. The molecule has 0 radical (unpaired) electrons. The van der Waals surface area contributed by atoms with E-state index in [0.717, 1.165) is 38.5 Å². The Hall–Kier alpha value is -1.56. The van der Waals surface area contributed by atoms with Crippen molar-refractivity contribution in [2.75, 3.05) is 19.8 Å². The molecule has 10 heteroatoms. The average molecular weight is 771 g/mol. The molecule has 0 aromatic rings. The summed E-state index contributed by atoms with van der Waals surface area (Å²) in [5.41, 5.74) is 0. The summed E-state index contributed by atoms with van der Waals surface area (Å²) in [5, 5.41) is 40.0. The second kappa shape index (κ2) is 35.8. The molecule has 0 aromatic heterocycles. The molecule has 6 atom stereocenters. The molecule has 0 amide bonds. The van der Waals surface area contributed by atoms with Gasteiger partial charge >= 0.3 is 11.9 Å². The maximum atomic E-state index is 12.7. The number of carbonyl (C=O) groups is 2. The molecule has 1 fully saturated rings. The number of allylic oxidation sites excluding steroid dienone is 2. The first kappa shape index (κ1) is 50.5. The third kappa shape index (κ3) is 27.1. The minimum Gasteiger partial charge on any atom is -0.462 e. The summed E-state index contributed by atoms with van der Waals surface area (Å²) in [6, 6.07) is 0. The Labute approximate surface area is 329 Å². The Morgan fingerprint density at radius 2 is 0.981 bits per heavy atom. The highest BCUT2D eigenvalue weighted by Gasteiger charge is 2.44. The first-order chi connectivity index (χ1) is 26.3. The molecule has 0 aliphatic carbocycles. The Bertz CT molecular complexity index is 897. The Kier molecular flexibility index (Phi) is 33.5. The number of aliphatic hydroxyl groups excluding tert-OH is 4. The van der Waals surface area contributed by atoms with Crippen molar-refractivity contribution in [3.63, 3.8) is 0 Å². The number of rotatable bonds is 37. The summed E-state index contributed by atoms with van der Waals surface area (Å²) < 4.78 is 22.1. The highest BCUT2D eigenvalue weighted by atomic mass is 16.7. The van der Waals surface area contributed by atoms with E-state index in [-0.39, 0.29) is 32.0 Å². The maximum Gasteiger partial charge on any atom is 0.306 e. The molecule has 1 heterocycles. The van der Waals surface area contributed by atoms with Crippen molar-refractivity contribution >= 4 is 11.9 Å². The third-order valence-electron chi connectivity index (χ3n) is 10.4. The predicted molar refractivity (Wildman–Crippen MR) is 215 cm³/mol. The van der Waals surface area contributed by atoms with Crippen LogP contribution in [0.15, 0.2) is 12.2 Å². The molecule has 0 spiro atoms. The minimum atomic E-state index is -1.59. The summed E-state index contributed by atoms with van der Waals surface area (Å²) in [6.45, 7) is 3.42. The zero-order chi connectivity index (χ0) is 39.5. The Morgan fingerprint density at radius 3 is 1.46 bits per heavy atom. The largest absolute Gasteiger partial charge is 0.462 e. The van der Waals surface area contributed by atoms with Crippen LogP contribution in [0.5, 0.6) is 0 Å². The Balaban J connectivity index is 2.31. The molecular weight excluding hydrogens is 688 g/mol. The zero-order valence-electron chi connectivity index (χ0n) is 34.5. The summed E-state index contributed by atoms with van der Waals surface area (Å²) >= 11 is 0. The molecule has 1 aliphatic rings. The molecule has 1 rings (SSSR count). The molecule has 4 N–H and O–H groups in total. The van der Waals surface area contributed by atoms with Crippen LogP contribution in [0.25, 0.3) is 0 Å². The summed E-state index contributed by atoms with van der Waals surface area (Å²) in [6.07, 6.45) is 29.3. The predicted octanol–water partition coefficient (Wildman–Crippen LogP) is 9.17. The van der Waals surface area contributed by atoms with E-state index < -0.39 is 49.4 Å². The van der Waals surface area contributed by atoms with Crippen LogP contribution in [0.2, 0.25) is 0 Å². The van der Waals surface area contributed by atoms with Gasteiger partial charge in [-0.1, -0.05) is 161 Å². The van der Waals surface area contributed by atoms with Crippen molar-refractivity contribution < 1.29 is 49.0 Å². The Morgan fingerprint density at radius 1 is 0.556 bits per heavy atom. The van der Waals surface area contributed by atoms with Gasteiger partial charge in [-0.05, 0) is 38.5 Å². The fourth-order valence-electron chi connectivity index (χ4n) is 6.83. The van der Waals surface area contributed by atoms with E-state index in [2.05, 4.69) is 26.0 Å². The zero-order valence-corrected chi connectivity index (χ0v) is 34.5. The van der Waals surface area contributed by atoms with E-state index >= 15 is 0 Å². The normalized spacial score (nSPS) is 20.7. The lowest BCUT2D eigenvalue weighted by molar-refractivity contribution is -0.305. The number of carbonyl (C=O) groups excluding carboxylic acids is 2. The number of aliphatic hydroxyl groups is 4. The van der Waals surface area contributed by atoms with Gasteiger partial charge in [0.25, 0.3) is 0 Å². The molecule has 54 heavy (non-hydrogen) atoms. The first-order valence-electron chi connectivity index (χ1n) is 22.3. The fraction of sp³-hybridized carbons (Fsp3) is 0.909. The van der Waals surface area contributed by atoms with Crippen LogP contribution in [-0.4, -0.2) is 89.0 Å². The van der Waals surface area contributed by atoms with Crippen molar-refractivity contribution in [2.24, 2.45) is 0 Å². The molecule has 2 unspecified atom stereocenters. The van der Waals surface area contributed by atoms with Gasteiger partial charge in [0, 0.05) is 12.8 Å². The van der Waals surface area contributed by atoms with Gasteiger partial charge in [0.1, 0.15) is 31.0 Å². The van der Waals surface area contributed by atoms with Gasteiger partial charge in [0.15, 0.2) is 12.4 Å². The van der Waals surface area contributed by atoms with Crippen molar-refractivity contribution in [2.45, 2.75) is 237 Å². The smallest absolute Gasteiger partial charge is 0.306 e. The third-order valence-corrected chi connectivity index (χ3v) is 10.4. The topological polar surface area (TPSA) is 152 Å². The molecule has 318 valence electrons. The quantitative estimate of drug-likeness (QED) is 0.0273. The summed E-state index contributed by atoms with van der Waals surface area (Å²) in [4.78, 5) is 25.3. The molecule has 0 bridgehead atoms. The van der Waals surface area contributed by atoms with E-state index in [1.165, 1.54) is 128 Å². The molecule has 0 aromatic carbocycles. The van der Waals surface area contributed by atoms with Gasteiger partial charge in [0.05, 0.1) is 13.2 Å². The van der Waals surface area contributed by atoms with E-state index in [9.17, 15) is 30.0 Å². The van der Waals surface area contributed by atoms with E-state index in [4.69, 9.17) is 18.9 Å². The van der Waals surface area contributed by atoms with Crippen LogP contribution in [0.3, 0.4) is 0 Å². The number of esters is 2. The van der Waals surface area contributed by atoms with Gasteiger partial charge in [0.2, 0.25) is 0 Å². The molecular formula is C44H82O10. The van der Waals surface area contributed by atoms with Gasteiger partial charge in [-0.25, -0.2) is 0 Å². The van der Waals surface area contributed by atoms with Crippen LogP contribution in [0, 0.1) is 0 Å². The van der Waals surface area contributed by atoms with Crippen LogP contribution in [-0.2, 0) is 28.5 Å². The van der Waals surface area contributed by atoms with E-state index in [0.29, 0.717) is 6.42 Å². The maximum absolute atomic E-state index is 12.7. The van der Waals surface area contributed by atoms with Gasteiger partial charge < -0.3 is 39.4 Å². The SMILES string of the molecule is CCCCCC/C=C/CCCCCCCCCCCC(=O)OC[C@@H](CO[C@H]1O[C@@H](CO)[C@@H](O)C(O)C1O)OC(=O)CCCCCCCCCCCCCC. The lowest BCUT2D eigenvalue weighted by Crippen LogP contribution is -2.59. The van der Waals surface area contributed by atoms with Crippen molar-refractivity contribution in [3.05, 3.63) is 12.2 Å². The van der Waals surface area contributed by atoms with Crippen molar-refractivity contribution in [1.82, 2.24) is 0 Å². The van der Waals surface area contributed by atoms with E-state index in [1.54, 1.807) is 0 Å². The molecule has 1 saturated heterocycles. The van der Waals surface area contributed by atoms with Crippen LogP contribution in [0.4, 0.5) is 0 Å². The molecule has 1 aliphatic heterocycles. The average Bonchev–Trinajstić information content (AvgIpc) is 3.17. The highest BCUT2D eigenvalue weighted by Crippen LogP contribution is 2.23. The summed E-state index contributed by atoms with van der Waals surface area (Å²) in [7, 11) is 0. The summed E-state index contributed by atoms with van der Waals surface area (Å²) in [5.74, 6) is -0.801. The van der Waals surface area contributed by atoms with Gasteiger partial charge in [-0.3, -0.25) is 9.59 Å². The number of unbranched alkanes of at least 4 members (excludes halogenated alkanes) is 24. The molecule has 0 saturated carbocycles.